The van der Waals surface area contributed by atoms with Gasteiger partial charge in [-0.25, -0.2) is 0 Å². The van der Waals surface area contributed by atoms with Crippen molar-refractivity contribution in [1.29, 1.82) is 15.9 Å². The second-order valence-electron chi connectivity index (χ2n) is 10.4. The summed E-state index contributed by atoms with van der Waals surface area (Å²) in [5.41, 5.74) is 6.51. The number of hydrogen-bond donors (Lipinski definition) is 3. The minimum atomic E-state index is -0.464. The Morgan fingerprint density at radius 1 is 0.522 bits per heavy atom. The van der Waals surface area contributed by atoms with Crippen molar-refractivity contribution in [1.82, 2.24) is 10.6 Å². The van der Waals surface area contributed by atoms with Crippen molar-refractivity contribution in [2.24, 2.45) is 0 Å². The van der Waals surface area contributed by atoms with Crippen LogP contribution in [0.3, 0.4) is 0 Å². The number of nitriles is 2. The van der Waals surface area contributed by atoms with Gasteiger partial charge >= 0.3 is 0 Å². The number of hydrogen-bond acceptors (Lipinski definition) is 4. The Bertz CT molecular complexity index is 1740. The van der Waals surface area contributed by atoms with E-state index in [2.05, 4.69) is 22.8 Å². The molecule has 5 rings (SSSR count). The van der Waals surface area contributed by atoms with Crippen LogP contribution in [-0.2, 0) is 17.9 Å². The summed E-state index contributed by atoms with van der Waals surface area (Å²) in [4.78, 5) is 13.4. The molecule has 0 radical (unpaired) electrons. The summed E-state index contributed by atoms with van der Waals surface area (Å²) < 4.78 is 0. The molecule has 5 aromatic carbocycles. The van der Waals surface area contributed by atoms with Crippen LogP contribution >= 0.6 is 0 Å². The lowest BCUT2D eigenvalue weighted by Gasteiger charge is -2.15. The number of rotatable bonds is 10. The highest BCUT2D eigenvalue weighted by molar-refractivity contribution is 6.09. The van der Waals surface area contributed by atoms with Gasteiger partial charge < -0.3 is 10.6 Å². The van der Waals surface area contributed by atoms with Crippen LogP contribution in [0.15, 0.2) is 157 Å². The van der Waals surface area contributed by atoms with E-state index >= 15 is 0 Å². The molecule has 6 heteroatoms. The highest BCUT2D eigenvalue weighted by atomic mass is 16.1. The molecular formula is C40H31N5O. The summed E-state index contributed by atoms with van der Waals surface area (Å²) in [6.45, 7) is 0.514. The van der Waals surface area contributed by atoms with E-state index < -0.39 is 5.91 Å². The number of carbonyl (C=O) groups is 1. The van der Waals surface area contributed by atoms with Gasteiger partial charge in [0.05, 0.1) is 0 Å². The number of nitrogens with zero attached hydrogens (tertiary/aromatic N) is 2. The molecule has 0 heterocycles. The van der Waals surface area contributed by atoms with E-state index in [0.29, 0.717) is 17.7 Å². The molecular weight excluding hydrogens is 566 g/mol. The van der Waals surface area contributed by atoms with Gasteiger partial charge in [-0.05, 0) is 33.4 Å². The van der Waals surface area contributed by atoms with Crippen LogP contribution in [-0.4, -0.2) is 11.7 Å². The van der Waals surface area contributed by atoms with E-state index in [0.717, 1.165) is 33.4 Å². The zero-order valence-electron chi connectivity index (χ0n) is 25.1. The minimum absolute atomic E-state index is 0.0158. The van der Waals surface area contributed by atoms with E-state index in [1.165, 1.54) is 0 Å². The molecule has 0 unspecified atom stereocenters. The lowest BCUT2D eigenvalue weighted by molar-refractivity contribution is -0.117. The zero-order valence-corrected chi connectivity index (χ0v) is 25.1. The van der Waals surface area contributed by atoms with E-state index in [4.69, 9.17) is 5.41 Å². The number of amidine groups is 1. The molecule has 0 aliphatic rings. The highest BCUT2D eigenvalue weighted by Crippen LogP contribution is 2.28. The first-order chi connectivity index (χ1) is 22.6. The number of benzene rings is 5. The van der Waals surface area contributed by atoms with Crippen LogP contribution in [0.4, 0.5) is 0 Å². The smallest absolute Gasteiger partial charge is 0.262 e. The van der Waals surface area contributed by atoms with Crippen LogP contribution < -0.4 is 10.6 Å². The highest BCUT2D eigenvalue weighted by Gasteiger charge is 2.19. The lowest BCUT2D eigenvalue weighted by Crippen LogP contribution is -2.26. The molecule has 6 nitrogen and oxygen atoms in total. The van der Waals surface area contributed by atoms with Gasteiger partial charge in [0.15, 0.2) is 0 Å². The predicted octanol–water partition coefficient (Wildman–Crippen LogP) is 7.42. The molecule has 0 bridgehead atoms. The van der Waals surface area contributed by atoms with Gasteiger partial charge in [0.1, 0.15) is 29.1 Å². The maximum absolute atomic E-state index is 13.4. The fourth-order valence-corrected chi connectivity index (χ4v) is 5.19. The average Bonchev–Trinajstić information content (AvgIpc) is 3.12. The third kappa shape index (κ3) is 7.52. The third-order valence-electron chi connectivity index (χ3n) is 7.36. The first kappa shape index (κ1) is 30.9. The summed E-state index contributed by atoms with van der Waals surface area (Å²) in [6.07, 6.45) is 0. The van der Waals surface area contributed by atoms with Crippen LogP contribution in [0, 0.1) is 28.1 Å². The standard InChI is InChI=1S/C40H31N5O/c41-25-35(37(31-16-5-1-6-17-31)32-18-7-2-8-19-32)39(43)44-27-29-14-13-15-30(24-29)28-45-40(46)36(26-42)38(33-20-9-3-10-21-33)34-22-11-4-12-23-34/h1-24H,27-28H2,(H2,43,44)(H,45,46). The maximum Gasteiger partial charge on any atom is 0.262 e. The molecule has 222 valence electrons. The Hall–Kier alpha value is -6.50. The first-order valence-corrected chi connectivity index (χ1v) is 14.8. The fourth-order valence-electron chi connectivity index (χ4n) is 5.19. The first-order valence-electron chi connectivity index (χ1n) is 14.8. The molecule has 0 saturated carbocycles. The number of amides is 1. The Kier molecular flexibility index (Phi) is 10.3. The van der Waals surface area contributed by atoms with Crippen LogP contribution in [0.5, 0.6) is 0 Å². The lowest BCUT2D eigenvalue weighted by atomic mass is 9.93. The van der Waals surface area contributed by atoms with Crippen molar-refractivity contribution < 1.29 is 4.79 Å². The van der Waals surface area contributed by atoms with Gasteiger partial charge in [-0.1, -0.05) is 146 Å². The monoisotopic (exact) mass is 597 g/mol. The van der Waals surface area contributed by atoms with Crippen molar-refractivity contribution in [3.63, 3.8) is 0 Å². The zero-order chi connectivity index (χ0) is 32.1. The normalized spacial score (nSPS) is 10.0. The van der Waals surface area contributed by atoms with E-state index in [-0.39, 0.29) is 23.5 Å². The van der Waals surface area contributed by atoms with Crippen molar-refractivity contribution in [2.45, 2.75) is 13.1 Å². The molecule has 0 aliphatic heterocycles. The predicted molar refractivity (Wildman–Crippen MR) is 182 cm³/mol. The molecule has 0 aromatic heterocycles. The molecule has 3 N–H and O–H groups in total. The third-order valence-corrected chi connectivity index (χ3v) is 7.36. The summed E-state index contributed by atoms with van der Waals surface area (Å²) in [5, 5.41) is 35.0. The van der Waals surface area contributed by atoms with Crippen molar-refractivity contribution in [3.05, 3.63) is 190 Å². The quantitative estimate of drug-likeness (QED) is 0.0673. The Labute approximate surface area is 269 Å². The largest absolute Gasteiger partial charge is 0.365 e. The summed E-state index contributed by atoms with van der Waals surface area (Å²) in [5.74, 6) is -0.448. The molecule has 0 atom stereocenters. The van der Waals surface area contributed by atoms with E-state index in [1.807, 2.05) is 146 Å². The molecule has 1 amide bonds. The topological polar surface area (TPSA) is 113 Å². The molecule has 5 aromatic rings. The van der Waals surface area contributed by atoms with Crippen molar-refractivity contribution in [3.8, 4) is 12.1 Å². The molecule has 0 fully saturated rings. The van der Waals surface area contributed by atoms with E-state index in [9.17, 15) is 15.3 Å². The second kappa shape index (κ2) is 15.3. The minimum Gasteiger partial charge on any atom is -0.365 e. The van der Waals surface area contributed by atoms with Crippen molar-refractivity contribution in [2.75, 3.05) is 0 Å². The second-order valence-corrected chi connectivity index (χ2v) is 10.4. The summed E-state index contributed by atoms with van der Waals surface area (Å²) in [6, 6.07) is 50.0. The van der Waals surface area contributed by atoms with Gasteiger partial charge in [0, 0.05) is 24.2 Å². The number of nitrogens with one attached hydrogen (secondary N) is 3. The maximum atomic E-state index is 13.4. The van der Waals surface area contributed by atoms with Crippen LogP contribution in [0.1, 0.15) is 33.4 Å². The van der Waals surface area contributed by atoms with Crippen molar-refractivity contribution >= 4 is 22.9 Å². The number of carbonyl (C=O) groups excluding carboxylic acids is 1. The van der Waals surface area contributed by atoms with Crippen LogP contribution in [0.25, 0.3) is 11.1 Å². The van der Waals surface area contributed by atoms with Gasteiger partial charge in [0.25, 0.3) is 5.91 Å². The van der Waals surface area contributed by atoms with Gasteiger partial charge in [0.2, 0.25) is 0 Å². The molecule has 0 aliphatic carbocycles. The average molecular weight is 598 g/mol. The SMILES string of the molecule is N#CC(C(=N)NCc1cccc(CNC(=O)C(C#N)=C(c2ccccc2)c2ccccc2)c1)=C(c1ccccc1)c1ccccc1. The van der Waals surface area contributed by atoms with Gasteiger partial charge in [-0.2, -0.15) is 10.5 Å². The van der Waals surface area contributed by atoms with Gasteiger partial charge in [-0.15, -0.1) is 0 Å². The van der Waals surface area contributed by atoms with E-state index in [1.54, 1.807) is 0 Å². The summed E-state index contributed by atoms with van der Waals surface area (Å²) in [7, 11) is 0. The Morgan fingerprint density at radius 2 is 0.891 bits per heavy atom. The Balaban J connectivity index is 1.33. The van der Waals surface area contributed by atoms with Crippen LogP contribution in [0.2, 0.25) is 0 Å². The van der Waals surface area contributed by atoms with Gasteiger partial charge in [-0.3, -0.25) is 10.2 Å². The summed E-state index contributed by atoms with van der Waals surface area (Å²) >= 11 is 0. The fraction of sp³-hybridized carbons (Fsp3) is 0.0500. The molecule has 0 saturated heterocycles. The molecule has 0 spiro atoms. The Morgan fingerprint density at radius 3 is 1.28 bits per heavy atom. The molecule has 46 heavy (non-hydrogen) atoms.